The van der Waals surface area contributed by atoms with Crippen LogP contribution in [0.4, 0.5) is 4.79 Å². The molecule has 0 aliphatic carbocycles. The second-order valence-corrected chi connectivity index (χ2v) is 5.87. The summed E-state index contributed by atoms with van der Waals surface area (Å²) in [5.41, 5.74) is 4.89. The minimum atomic E-state index is -3.91. The third kappa shape index (κ3) is 8.45. The summed E-state index contributed by atoms with van der Waals surface area (Å²) in [5.74, 6) is 0. The number of carbonyl (C=O) groups is 1. The largest absolute Gasteiger partial charge is 0.446 e. The number of nitrogens with two attached hydrogens (primary N) is 1. The summed E-state index contributed by atoms with van der Waals surface area (Å²) in [6.07, 6.45) is -1.40. The van der Waals surface area contributed by atoms with Crippen LogP contribution in [0.3, 0.4) is 0 Å². The van der Waals surface area contributed by atoms with Gasteiger partial charge in [0.15, 0.2) is 0 Å². The van der Waals surface area contributed by atoms with Crippen LogP contribution in [0.5, 0.6) is 0 Å². The lowest BCUT2D eigenvalue weighted by molar-refractivity contribution is 0.121. The van der Waals surface area contributed by atoms with Crippen LogP contribution in [-0.2, 0) is 14.9 Å². The van der Waals surface area contributed by atoms with Gasteiger partial charge in [-0.1, -0.05) is 0 Å². The molecule has 0 fully saturated rings. The van der Waals surface area contributed by atoms with Crippen LogP contribution in [0.25, 0.3) is 0 Å². The maximum absolute atomic E-state index is 11.3. The van der Waals surface area contributed by atoms with Crippen LogP contribution in [0.1, 0.15) is 27.7 Å². The van der Waals surface area contributed by atoms with Gasteiger partial charge in [0.1, 0.15) is 0 Å². The predicted molar refractivity (Wildman–Crippen MR) is 59.9 cm³/mol. The van der Waals surface area contributed by atoms with Crippen molar-refractivity contribution in [3.63, 3.8) is 0 Å². The molecule has 0 heterocycles. The number of carbonyl (C=O) groups excluding carboxylic acids is 1. The first kappa shape index (κ1) is 15.1. The van der Waals surface area contributed by atoms with Crippen molar-refractivity contribution in [3.8, 4) is 0 Å². The Hall–Kier alpha value is -0.860. The molecule has 0 saturated carbocycles. The van der Waals surface area contributed by atoms with Crippen molar-refractivity contribution in [3.05, 3.63) is 0 Å². The maximum atomic E-state index is 11.3. The molecule has 0 rings (SSSR count). The zero-order valence-electron chi connectivity index (χ0n) is 9.90. The normalized spacial score (nSPS) is 12.6. The summed E-state index contributed by atoms with van der Waals surface area (Å²) in [4.78, 5) is 11.0. The molecule has 0 atom stereocenters. The van der Waals surface area contributed by atoms with E-state index in [9.17, 15) is 13.2 Å². The zero-order chi connectivity index (χ0) is 13.0. The van der Waals surface area contributed by atoms with E-state index in [2.05, 4.69) is 9.46 Å². The lowest BCUT2D eigenvalue weighted by Crippen LogP contribution is -2.49. The fourth-order valence-electron chi connectivity index (χ4n) is 0.665. The van der Waals surface area contributed by atoms with Gasteiger partial charge in [-0.2, -0.15) is 13.1 Å². The van der Waals surface area contributed by atoms with Crippen molar-refractivity contribution in [2.24, 2.45) is 5.73 Å². The number of ether oxygens (including phenoxy) is 1. The van der Waals surface area contributed by atoms with E-state index in [1.807, 2.05) is 0 Å². The number of amides is 1. The van der Waals surface area contributed by atoms with E-state index in [1.54, 1.807) is 32.4 Å². The van der Waals surface area contributed by atoms with E-state index in [1.165, 1.54) is 0 Å². The molecule has 0 aromatic heterocycles. The summed E-state index contributed by atoms with van der Waals surface area (Å²) >= 11 is 0. The second-order valence-electron chi connectivity index (χ2n) is 4.37. The molecule has 8 heteroatoms. The van der Waals surface area contributed by atoms with Gasteiger partial charge in [-0.05, 0) is 27.7 Å². The highest BCUT2D eigenvalue weighted by atomic mass is 32.2. The van der Waals surface area contributed by atoms with E-state index in [0.29, 0.717) is 0 Å². The third-order valence-corrected chi connectivity index (χ3v) is 2.24. The van der Waals surface area contributed by atoms with Crippen molar-refractivity contribution in [1.82, 2.24) is 9.44 Å². The fraction of sp³-hybridized carbons (Fsp3) is 0.875. The second kappa shape index (κ2) is 5.46. The summed E-state index contributed by atoms with van der Waals surface area (Å²) in [7, 11) is -3.91. The molecule has 7 nitrogen and oxygen atoms in total. The number of nitrogens with one attached hydrogen (secondary N) is 2. The minimum absolute atomic E-state index is 0.0112. The third-order valence-electron chi connectivity index (χ3n) is 1.28. The molecule has 0 radical (unpaired) electrons. The molecular weight excluding hydrogens is 234 g/mol. The monoisotopic (exact) mass is 253 g/mol. The standard InChI is InChI=1S/C8H19N3O4S/c1-6(2)15-7(12)11-16(13,14)10-5-8(3,4)9/h6,10H,5,9H2,1-4H3,(H,11,12). The number of rotatable bonds is 5. The van der Waals surface area contributed by atoms with E-state index >= 15 is 0 Å². The highest BCUT2D eigenvalue weighted by molar-refractivity contribution is 7.88. The van der Waals surface area contributed by atoms with Crippen LogP contribution in [-0.4, -0.2) is 32.7 Å². The van der Waals surface area contributed by atoms with Gasteiger partial charge in [0, 0.05) is 12.1 Å². The average Bonchev–Trinajstić information content (AvgIpc) is 1.96. The van der Waals surface area contributed by atoms with Gasteiger partial charge in [0.25, 0.3) is 0 Å². The Labute approximate surface area is 95.9 Å². The highest BCUT2D eigenvalue weighted by Gasteiger charge is 2.19. The molecule has 1 amide bonds. The summed E-state index contributed by atoms with van der Waals surface area (Å²) in [6.45, 7) is 6.55. The van der Waals surface area contributed by atoms with E-state index < -0.39 is 21.8 Å². The van der Waals surface area contributed by atoms with Gasteiger partial charge < -0.3 is 10.5 Å². The van der Waals surface area contributed by atoms with Gasteiger partial charge in [0.2, 0.25) is 0 Å². The van der Waals surface area contributed by atoms with Gasteiger partial charge in [-0.25, -0.2) is 9.52 Å². The van der Waals surface area contributed by atoms with Gasteiger partial charge in [-0.15, -0.1) is 0 Å². The smallest absolute Gasteiger partial charge is 0.422 e. The van der Waals surface area contributed by atoms with Crippen LogP contribution in [0.15, 0.2) is 0 Å². The Kier molecular flexibility index (Phi) is 5.17. The van der Waals surface area contributed by atoms with Crippen molar-refractivity contribution in [1.29, 1.82) is 0 Å². The van der Waals surface area contributed by atoms with Crippen LogP contribution in [0.2, 0.25) is 0 Å². The summed E-state index contributed by atoms with van der Waals surface area (Å²) in [5, 5.41) is 0. The van der Waals surface area contributed by atoms with Crippen LogP contribution < -0.4 is 15.2 Å². The number of hydrogen-bond acceptors (Lipinski definition) is 5. The average molecular weight is 253 g/mol. The Bertz CT molecular complexity index is 332. The Balaban J connectivity index is 4.21. The molecular formula is C8H19N3O4S. The molecule has 4 N–H and O–H groups in total. The number of hydrogen-bond donors (Lipinski definition) is 3. The molecule has 0 saturated heterocycles. The lowest BCUT2D eigenvalue weighted by atomic mass is 10.1. The minimum Gasteiger partial charge on any atom is -0.446 e. The molecule has 0 unspecified atom stereocenters. The molecule has 0 aliphatic rings. The molecule has 0 aromatic rings. The first-order valence-corrected chi connectivity index (χ1v) is 6.27. The quantitative estimate of drug-likeness (QED) is 0.622. The van der Waals surface area contributed by atoms with E-state index in [0.717, 1.165) is 0 Å². The fourth-order valence-corrected chi connectivity index (χ4v) is 1.57. The summed E-state index contributed by atoms with van der Waals surface area (Å²) in [6, 6.07) is 0. The predicted octanol–water partition coefficient (Wildman–Crippen LogP) is -0.307. The molecule has 0 bridgehead atoms. The molecule has 96 valence electrons. The van der Waals surface area contributed by atoms with Gasteiger partial charge in [-0.3, -0.25) is 0 Å². The first-order chi connectivity index (χ1) is 7.02. The van der Waals surface area contributed by atoms with E-state index in [-0.39, 0.29) is 12.6 Å². The zero-order valence-corrected chi connectivity index (χ0v) is 10.7. The topological polar surface area (TPSA) is 111 Å². The van der Waals surface area contributed by atoms with Gasteiger partial charge in [0.05, 0.1) is 6.10 Å². The van der Waals surface area contributed by atoms with Crippen molar-refractivity contribution >= 4 is 16.3 Å². The van der Waals surface area contributed by atoms with Crippen molar-refractivity contribution in [2.75, 3.05) is 6.54 Å². The molecule has 0 spiro atoms. The maximum Gasteiger partial charge on any atom is 0.422 e. The molecule has 0 aliphatic heterocycles. The Morgan fingerprint density at radius 2 is 1.94 bits per heavy atom. The Morgan fingerprint density at radius 3 is 2.31 bits per heavy atom. The summed E-state index contributed by atoms with van der Waals surface area (Å²) < 4.78 is 31.0. The Morgan fingerprint density at radius 1 is 1.44 bits per heavy atom. The highest BCUT2D eigenvalue weighted by Crippen LogP contribution is 1.95. The SMILES string of the molecule is CC(C)OC(=O)NS(=O)(=O)NCC(C)(C)N. The molecule has 0 aromatic carbocycles. The van der Waals surface area contributed by atoms with Crippen LogP contribution in [0, 0.1) is 0 Å². The van der Waals surface area contributed by atoms with Crippen molar-refractivity contribution in [2.45, 2.75) is 39.3 Å². The van der Waals surface area contributed by atoms with E-state index in [4.69, 9.17) is 5.73 Å². The van der Waals surface area contributed by atoms with Crippen molar-refractivity contribution < 1.29 is 17.9 Å². The first-order valence-electron chi connectivity index (χ1n) is 4.79. The van der Waals surface area contributed by atoms with Gasteiger partial charge >= 0.3 is 16.3 Å². The van der Waals surface area contributed by atoms with Crippen LogP contribution >= 0.6 is 0 Å². The molecule has 16 heavy (non-hydrogen) atoms. The lowest BCUT2D eigenvalue weighted by Gasteiger charge is -2.19.